The van der Waals surface area contributed by atoms with Gasteiger partial charge in [0.2, 0.25) is 0 Å². The van der Waals surface area contributed by atoms with Gasteiger partial charge in [0.05, 0.1) is 5.60 Å². The molecule has 3 nitrogen and oxygen atoms in total. The zero-order valence-electron chi connectivity index (χ0n) is 10.4. The molecule has 0 saturated carbocycles. The number of nitrogens with one attached hydrogen (secondary N) is 1. The molecule has 0 radical (unpaired) electrons. The zero-order chi connectivity index (χ0) is 12.0. The second kappa shape index (κ2) is 5.97. The third-order valence-electron chi connectivity index (χ3n) is 3.24. The Labute approximate surface area is 97.9 Å². The molecular weight excluding hydrogens is 200 g/mol. The molecule has 0 aliphatic rings. The lowest BCUT2D eigenvalue weighted by molar-refractivity contribution is 0.0303. The summed E-state index contributed by atoms with van der Waals surface area (Å²) in [5.74, 6) is 0. The van der Waals surface area contributed by atoms with E-state index in [0.717, 1.165) is 18.4 Å². The van der Waals surface area contributed by atoms with E-state index in [4.69, 9.17) is 0 Å². The van der Waals surface area contributed by atoms with Crippen molar-refractivity contribution in [2.24, 2.45) is 0 Å². The van der Waals surface area contributed by atoms with Crippen LogP contribution in [0.1, 0.15) is 45.2 Å². The average molecular weight is 222 g/mol. The molecule has 16 heavy (non-hydrogen) atoms. The fraction of sp³-hybridized carbons (Fsp3) is 0.615. The summed E-state index contributed by atoms with van der Waals surface area (Å²) in [5.41, 5.74) is 0.563. The quantitative estimate of drug-likeness (QED) is 0.776. The second-order valence-corrected chi connectivity index (χ2v) is 4.32. The molecular formula is C13H22N2O. The minimum absolute atomic E-state index is 0.221. The van der Waals surface area contributed by atoms with Crippen molar-refractivity contribution in [3.63, 3.8) is 0 Å². The third-order valence-corrected chi connectivity index (χ3v) is 3.24. The maximum absolute atomic E-state index is 10.1. The van der Waals surface area contributed by atoms with Crippen molar-refractivity contribution >= 4 is 0 Å². The van der Waals surface area contributed by atoms with Crippen molar-refractivity contribution in [1.29, 1.82) is 0 Å². The van der Waals surface area contributed by atoms with E-state index >= 15 is 0 Å². The maximum atomic E-state index is 10.1. The van der Waals surface area contributed by atoms with Gasteiger partial charge >= 0.3 is 0 Å². The van der Waals surface area contributed by atoms with Gasteiger partial charge in [0.25, 0.3) is 0 Å². The van der Waals surface area contributed by atoms with Crippen LogP contribution in [0.25, 0.3) is 0 Å². The summed E-state index contributed by atoms with van der Waals surface area (Å²) < 4.78 is 0. The largest absolute Gasteiger partial charge is 0.389 e. The van der Waals surface area contributed by atoms with Crippen LogP contribution in [0, 0.1) is 0 Å². The van der Waals surface area contributed by atoms with E-state index in [-0.39, 0.29) is 6.04 Å². The summed E-state index contributed by atoms with van der Waals surface area (Å²) in [5, 5.41) is 13.5. The predicted molar refractivity (Wildman–Crippen MR) is 66.2 cm³/mol. The van der Waals surface area contributed by atoms with Crippen molar-refractivity contribution in [3.05, 3.63) is 30.1 Å². The normalized spacial score (nSPS) is 13.8. The first-order valence-electron chi connectivity index (χ1n) is 5.97. The smallest absolute Gasteiger partial charge is 0.0766 e. The first-order chi connectivity index (χ1) is 7.61. The molecule has 0 spiro atoms. The fourth-order valence-electron chi connectivity index (χ4n) is 1.59. The number of hydrogen-bond donors (Lipinski definition) is 2. The van der Waals surface area contributed by atoms with Crippen molar-refractivity contribution in [2.75, 3.05) is 6.54 Å². The minimum Gasteiger partial charge on any atom is -0.389 e. The fourth-order valence-corrected chi connectivity index (χ4v) is 1.59. The SMILES string of the molecule is CCC(O)(CC)CN[C@@H](C)c1cccnc1. The lowest BCUT2D eigenvalue weighted by Crippen LogP contribution is -2.40. The zero-order valence-corrected chi connectivity index (χ0v) is 10.4. The lowest BCUT2D eigenvalue weighted by atomic mass is 9.97. The molecule has 1 aromatic rings. The molecule has 0 aromatic carbocycles. The number of pyridine rings is 1. The predicted octanol–water partition coefficient (Wildman–Crippen LogP) is 2.28. The maximum Gasteiger partial charge on any atom is 0.0766 e. The van der Waals surface area contributed by atoms with Crippen molar-refractivity contribution in [3.8, 4) is 0 Å². The lowest BCUT2D eigenvalue weighted by Gasteiger charge is -2.27. The summed E-state index contributed by atoms with van der Waals surface area (Å²) >= 11 is 0. The number of aliphatic hydroxyl groups is 1. The molecule has 0 aliphatic carbocycles. The molecule has 2 N–H and O–H groups in total. The number of hydrogen-bond acceptors (Lipinski definition) is 3. The summed E-state index contributed by atoms with van der Waals surface area (Å²) in [6.07, 6.45) is 5.17. The van der Waals surface area contributed by atoms with Gasteiger partial charge in [-0.25, -0.2) is 0 Å². The Morgan fingerprint density at radius 1 is 1.44 bits per heavy atom. The molecule has 0 unspecified atom stereocenters. The van der Waals surface area contributed by atoms with Crippen LogP contribution in [-0.2, 0) is 0 Å². The summed E-state index contributed by atoms with van der Waals surface area (Å²) in [6.45, 7) is 6.73. The standard InChI is InChI=1S/C13H22N2O/c1-4-13(16,5-2)10-15-11(3)12-7-6-8-14-9-12/h6-9,11,15-16H,4-5,10H2,1-3H3/t11-/m0/s1. The summed E-state index contributed by atoms with van der Waals surface area (Å²) in [6, 6.07) is 4.19. The molecule has 1 heterocycles. The van der Waals surface area contributed by atoms with Gasteiger partial charge in [-0.3, -0.25) is 4.98 Å². The Morgan fingerprint density at radius 2 is 2.12 bits per heavy atom. The van der Waals surface area contributed by atoms with Crippen LogP contribution in [0.3, 0.4) is 0 Å². The van der Waals surface area contributed by atoms with Crippen LogP contribution in [0.5, 0.6) is 0 Å². The van der Waals surface area contributed by atoms with Gasteiger partial charge in [-0.2, -0.15) is 0 Å². The molecule has 3 heteroatoms. The van der Waals surface area contributed by atoms with E-state index in [9.17, 15) is 5.11 Å². The minimum atomic E-state index is -0.587. The highest BCUT2D eigenvalue weighted by Crippen LogP contribution is 2.16. The molecule has 1 atom stereocenters. The number of nitrogens with zero attached hydrogens (tertiary/aromatic N) is 1. The van der Waals surface area contributed by atoms with E-state index in [2.05, 4.69) is 17.2 Å². The average Bonchev–Trinajstić information content (AvgIpc) is 2.36. The van der Waals surface area contributed by atoms with Gasteiger partial charge in [-0.1, -0.05) is 19.9 Å². The summed E-state index contributed by atoms with van der Waals surface area (Å²) in [4.78, 5) is 4.09. The van der Waals surface area contributed by atoms with Crippen molar-refractivity contribution in [1.82, 2.24) is 10.3 Å². The van der Waals surface area contributed by atoms with Gasteiger partial charge in [0.1, 0.15) is 0 Å². The van der Waals surface area contributed by atoms with Gasteiger partial charge in [0, 0.05) is 25.0 Å². The van der Waals surface area contributed by atoms with E-state index in [1.165, 1.54) is 0 Å². The van der Waals surface area contributed by atoms with Crippen molar-refractivity contribution in [2.45, 2.75) is 45.3 Å². The highest BCUT2D eigenvalue weighted by molar-refractivity contribution is 5.12. The molecule has 1 aromatic heterocycles. The van der Waals surface area contributed by atoms with E-state index < -0.39 is 5.60 Å². The van der Waals surface area contributed by atoms with Crippen LogP contribution in [-0.4, -0.2) is 22.2 Å². The van der Waals surface area contributed by atoms with E-state index in [1.807, 2.05) is 32.2 Å². The Hall–Kier alpha value is -0.930. The highest BCUT2D eigenvalue weighted by atomic mass is 16.3. The molecule has 90 valence electrons. The Morgan fingerprint density at radius 3 is 2.62 bits per heavy atom. The molecule has 0 fully saturated rings. The van der Waals surface area contributed by atoms with Crippen LogP contribution in [0.15, 0.2) is 24.5 Å². The monoisotopic (exact) mass is 222 g/mol. The summed E-state index contributed by atoms with van der Waals surface area (Å²) in [7, 11) is 0. The molecule has 1 rings (SSSR count). The van der Waals surface area contributed by atoms with E-state index in [1.54, 1.807) is 6.20 Å². The number of rotatable bonds is 6. The van der Waals surface area contributed by atoms with E-state index in [0.29, 0.717) is 6.54 Å². The third kappa shape index (κ3) is 3.58. The molecule has 0 saturated heterocycles. The van der Waals surface area contributed by atoms with Crippen LogP contribution >= 0.6 is 0 Å². The van der Waals surface area contributed by atoms with Gasteiger partial charge in [-0.05, 0) is 31.4 Å². The topological polar surface area (TPSA) is 45.1 Å². The van der Waals surface area contributed by atoms with Crippen LogP contribution < -0.4 is 5.32 Å². The van der Waals surface area contributed by atoms with Crippen LogP contribution in [0.2, 0.25) is 0 Å². The van der Waals surface area contributed by atoms with Gasteiger partial charge < -0.3 is 10.4 Å². The van der Waals surface area contributed by atoms with Crippen molar-refractivity contribution < 1.29 is 5.11 Å². The Balaban J connectivity index is 2.50. The first-order valence-corrected chi connectivity index (χ1v) is 5.97. The van der Waals surface area contributed by atoms with Gasteiger partial charge in [0.15, 0.2) is 0 Å². The Bertz CT molecular complexity index is 296. The highest BCUT2D eigenvalue weighted by Gasteiger charge is 2.22. The molecule has 0 amide bonds. The van der Waals surface area contributed by atoms with Crippen LogP contribution in [0.4, 0.5) is 0 Å². The number of aromatic nitrogens is 1. The Kier molecular flexibility index (Phi) is 4.90. The van der Waals surface area contributed by atoms with Gasteiger partial charge in [-0.15, -0.1) is 0 Å². The second-order valence-electron chi connectivity index (χ2n) is 4.32. The molecule has 0 bridgehead atoms. The molecule has 0 aliphatic heterocycles. The first kappa shape index (κ1) is 13.1.